The second-order valence-electron chi connectivity index (χ2n) is 3.54. The molecular weight excluding hydrogens is 204 g/mol. The summed E-state index contributed by atoms with van der Waals surface area (Å²) >= 11 is 0. The highest BCUT2D eigenvalue weighted by molar-refractivity contribution is 5.77. The summed E-state index contributed by atoms with van der Waals surface area (Å²) in [6.45, 7) is 2.85. The predicted octanol–water partition coefficient (Wildman–Crippen LogP) is 0.839. The van der Waals surface area contributed by atoms with Crippen LogP contribution in [0.4, 0.5) is 0 Å². The fourth-order valence-corrected chi connectivity index (χ4v) is 1.36. The molecule has 0 radical (unpaired) electrons. The molecule has 0 spiro atoms. The molecule has 0 saturated heterocycles. The van der Waals surface area contributed by atoms with Gasteiger partial charge in [0.1, 0.15) is 6.61 Å². The van der Waals surface area contributed by atoms with Crippen molar-refractivity contribution in [2.45, 2.75) is 13.0 Å². The van der Waals surface area contributed by atoms with Gasteiger partial charge in [-0.3, -0.25) is 4.79 Å². The van der Waals surface area contributed by atoms with Gasteiger partial charge in [0, 0.05) is 6.54 Å². The molecule has 1 amide bonds. The first-order valence-electron chi connectivity index (χ1n) is 5.36. The monoisotopic (exact) mass is 222 g/mol. The molecule has 0 fully saturated rings. The van der Waals surface area contributed by atoms with Crippen LogP contribution in [0.15, 0.2) is 30.3 Å². The van der Waals surface area contributed by atoms with Gasteiger partial charge in [-0.1, -0.05) is 30.3 Å². The number of nitrogens with two attached hydrogens (primary N) is 1. The maximum absolute atomic E-state index is 11.4. The van der Waals surface area contributed by atoms with Crippen LogP contribution in [0.3, 0.4) is 0 Å². The average molecular weight is 222 g/mol. The van der Waals surface area contributed by atoms with Gasteiger partial charge in [0.25, 0.3) is 0 Å². The normalized spacial score (nSPS) is 12.1. The van der Waals surface area contributed by atoms with Crippen molar-refractivity contribution in [3.63, 3.8) is 0 Å². The van der Waals surface area contributed by atoms with Crippen molar-refractivity contribution in [2.24, 2.45) is 5.73 Å². The van der Waals surface area contributed by atoms with E-state index in [2.05, 4.69) is 5.32 Å². The second-order valence-corrected chi connectivity index (χ2v) is 3.54. The molecule has 0 aliphatic heterocycles. The molecule has 0 saturated carbocycles. The van der Waals surface area contributed by atoms with Crippen molar-refractivity contribution >= 4 is 5.91 Å². The van der Waals surface area contributed by atoms with E-state index in [9.17, 15) is 4.79 Å². The van der Waals surface area contributed by atoms with Gasteiger partial charge in [0.15, 0.2) is 0 Å². The molecule has 4 nitrogen and oxygen atoms in total. The number of benzene rings is 1. The van der Waals surface area contributed by atoms with Gasteiger partial charge < -0.3 is 15.8 Å². The number of carbonyl (C=O) groups excluding carboxylic acids is 1. The lowest BCUT2D eigenvalue weighted by Crippen LogP contribution is -2.30. The van der Waals surface area contributed by atoms with E-state index in [-0.39, 0.29) is 18.6 Å². The first kappa shape index (κ1) is 12.7. The van der Waals surface area contributed by atoms with Crippen LogP contribution in [0.5, 0.6) is 0 Å². The summed E-state index contributed by atoms with van der Waals surface area (Å²) in [5.74, 6) is -0.121. The van der Waals surface area contributed by atoms with E-state index < -0.39 is 0 Å². The Morgan fingerprint density at radius 3 is 2.75 bits per heavy atom. The minimum atomic E-state index is -0.121. The topological polar surface area (TPSA) is 64.3 Å². The summed E-state index contributed by atoms with van der Waals surface area (Å²) in [7, 11) is 0. The highest BCUT2D eigenvalue weighted by Gasteiger charge is 2.08. The van der Waals surface area contributed by atoms with Crippen LogP contribution < -0.4 is 11.1 Å². The van der Waals surface area contributed by atoms with Crippen LogP contribution in [0, 0.1) is 0 Å². The molecule has 0 bridgehead atoms. The smallest absolute Gasteiger partial charge is 0.246 e. The minimum absolute atomic E-state index is 0.00447. The Bertz CT molecular complexity index is 314. The quantitative estimate of drug-likeness (QED) is 0.701. The van der Waals surface area contributed by atoms with Crippen molar-refractivity contribution in [3.05, 3.63) is 35.9 Å². The number of carbonyl (C=O) groups is 1. The lowest BCUT2D eigenvalue weighted by Gasteiger charge is -2.14. The van der Waals surface area contributed by atoms with E-state index in [1.54, 1.807) is 0 Å². The van der Waals surface area contributed by atoms with Gasteiger partial charge in [0.2, 0.25) is 5.91 Å². The fourth-order valence-electron chi connectivity index (χ4n) is 1.36. The van der Waals surface area contributed by atoms with Crippen molar-refractivity contribution in [1.29, 1.82) is 0 Å². The number of nitrogens with one attached hydrogen (secondary N) is 1. The molecule has 1 rings (SSSR count). The van der Waals surface area contributed by atoms with Crippen molar-refractivity contribution in [2.75, 3.05) is 19.8 Å². The van der Waals surface area contributed by atoms with Crippen LogP contribution in [0.1, 0.15) is 18.5 Å². The number of ether oxygens (including phenoxy) is 1. The molecule has 3 N–H and O–H groups in total. The molecule has 0 aromatic heterocycles. The van der Waals surface area contributed by atoms with Crippen LogP contribution in [0.25, 0.3) is 0 Å². The number of rotatable bonds is 6. The Kier molecular flexibility index (Phi) is 5.53. The zero-order valence-electron chi connectivity index (χ0n) is 9.48. The van der Waals surface area contributed by atoms with Crippen LogP contribution in [-0.4, -0.2) is 25.7 Å². The SMILES string of the molecule is CC(NC(=O)COCCN)c1ccccc1. The predicted molar refractivity (Wildman–Crippen MR) is 62.9 cm³/mol. The van der Waals surface area contributed by atoms with E-state index in [1.165, 1.54) is 0 Å². The standard InChI is InChI=1S/C12H18N2O2/c1-10(11-5-3-2-4-6-11)14-12(15)9-16-8-7-13/h2-6,10H,7-9,13H2,1H3,(H,14,15). The van der Waals surface area contributed by atoms with Gasteiger partial charge in [-0.2, -0.15) is 0 Å². The molecule has 0 heterocycles. The lowest BCUT2D eigenvalue weighted by molar-refractivity contribution is -0.126. The van der Waals surface area contributed by atoms with Crippen LogP contribution >= 0.6 is 0 Å². The molecule has 16 heavy (non-hydrogen) atoms. The highest BCUT2D eigenvalue weighted by atomic mass is 16.5. The molecule has 0 aliphatic carbocycles. The summed E-state index contributed by atoms with van der Waals surface area (Å²) in [6.07, 6.45) is 0. The number of amides is 1. The fraction of sp³-hybridized carbons (Fsp3) is 0.417. The Labute approximate surface area is 95.8 Å². The minimum Gasteiger partial charge on any atom is -0.370 e. The Morgan fingerprint density at radius 2 is 2.12 bits per heavy atom. The zero-order chi connectivity index (χ0) is 11.8. The third kappa shape index (κ3) is 4.42. The average Bonchev–Trinajstić information content (AvgIpc) is 2.30. The van der Waals surface area contributed by atoms with E-state index in [1.807, 2.05) is 37.3 Å². The number of hydrogen-bond acceptors (Lipinski definition) is 3. The molecule has 88 valence electrons. The van der Waals surface area contributed by atoms with E-state index in [0.29, 0.717) is 13.2 Å². The summed E-state index contributed by atoms with van der Waals surface area (Å²) in [5.41, 5.74) is 6.33. The highest BCUT2D eigenvalue weighted by Crippen LogP contribution is 2.10. The van der Waals surface area contributed by atoms with Crippen molar-refractivity contribution in [1.82, 2.24) is 5.32 Å². The summed E-state index contributed by atoms with van der Waals surface area (Å²) in [6, 6.07) is 9.79. The largest absolute Gasteiger partial charge is 0.370 e. The molecule has 1 aromatic carbocycles. The molecule has 1 aromatic rings. The maximum atomic E-state index is 11.4. The summed E-state index contributed by atoms with van der Waals surface area (Å²) < 4.78 is 5.04. The van der Waals surface area contributed by atoms with Gasteiger partial charge in [-0.25, -0.2) is 0 Å². The molecule has 1 atom stereocenters. The van der Waals surface area contributed by atoms with E-state index >= 15 is 0 Å². The van der Waals surface area contributed by atoms with Gasteiger partial charge in [-0.05, 0) is 12.5 Å². The zero-order valence-corrected chi connectivity index (χ0v) is 9.48. The number of hydrogen-bond donors (Lipinski definition) is 2. The molecular formula is C12H18N2O2. The van der Waals surface area contributed by atoms with Crippen LogP contribution in [0.2, 0.25) is 0 Å². The first-order chi connectivity index (χ1) is 7.74. The van der Waals surface area contributed by atoms with E-state index in [4.69, 9.17) is 10.5 Å². The molecule has 0 aliphatic rings. The van der Waals surface area contributed by atoms with Gasteiger partial charge >= 0.3 is 0 Å². The lowest BCUT2D eigenvalue weighted by atomic mass is 10.1. The Morgan fingerprint density at radius 1 is 1.44 bits per heavy atom. The molecule has 4 heteroatoms. The van der Waals surface area contributed by atoms with Crippen LogP contribution in [-0.2, 0) is 9.53 Å². The first-order valence-corrected chi connectivity index (χ1v) is 5.36. The van der Waals surface area contributed by atoms with Crippen molar-refractivity contribution in [3.8, 4) is 0 Å². The van der Waals surface area contributed by atoms with Gasteiger partial charge in [-0.15, -0.1) is 0 Å². The third-order valence-corrected chi connectivity index (χ3v) is 2.17. The van der Waals surface area contributed by atoms with E-state index in [0.717, 1.165) is 5.56 Å². The maximum Gasteiger partial charge on any atom is 0.246 e. The molecule has 1 unspecified atom stereocenters. The Balaban J connectivity index is 2.34. The Hall–Kier alpha value is -1.39. The summed E-state index contributed by atoms with van der Waals surface area (Å²) in [5, 5.41) is 2.85. The summed E-state index contributed by atoms with van der Waals surface area (Å²) in [4.78, 5) is 11.4. The van der Waals surface area contributed by atoms with Crippen molar-refractivity contribution < 1.29 is 9.53 Å². The third-order valence-electron chi connectivity index (χ3n) is 2.17. The second kappa shape index (κ2) is 6.98. The van der Waals surface area contributed by atoms with Gasteiger partial charge in [0.05, 0.1) is 12.6 Å².